The van der Waals surface area contributed by atoms with Gasteiger partial charge in [0.05, 0.1) is 0 Å². The molecule has 0 unspecified atom stereocenters. The average molecular weight is 376 g/mol. The van der Waals surface area contributed by atoms with Crippen LogP contribution in [0.4, 0.5) is 17.7 Å². The van der Waals surface area contributed by atoms with Crippen LogP contribution in [0.1, 0.15) is 12.7 Å². The third-order valence-corrected chi connectivity index (χ3v) is 4.80. The molecule has 0 bridgehead atoms. The highest BCUT2D eigenvalue weighted by atomic mass is 15.3. The zero-order chi connectivity index (χ0) is 19.3. The topological polar surface area (TPSA) is 83.0 Å². The van der Waals surface area contributed by atoms with Crippen LogP contribution in [0.3, 0.4) is 0 Å². The molecule has 2 aromatic heterocycles. The Hall–Kier alpha value is -3.13. The number of aryl methyl sites for hydroxylation is 1. The first kappa shape index (κ1) is 18.2. The van der Waals surface area contributed by atoms with E-state index in [9.17, 15) is 0 Å². The van der Waals surface area contributed by atoms with E-state index < -0.39 is 0 Å². The summed E-state index contributed by atoms with van der Waals surface area (Å²) in [5.74, 6) is 2.68. The number of hydrogen-bond donors (Lipinski definition) is 1. The fourth-order valence-corrected chi connectivity index (χ4v) is 3.13. The van der Waals surface area contributed by atoms with Gasteiger partial charge in [-0.15, -0.1) is 0 Å². The third-order valence-electron chi connectivity index (χ3n) is 4.80. The SMILES string of the molecule is CCc1nc(Nc2ncncc2-c2ccccc2)nc(N2CCN(C)CC2)n1. The molecule has 0 spiro atoms. The summed E-state index contributed by atoms with van der Waals surface area (Å²) in [7, 11) is 2.13. The smallest absolute Gasteiger partial charge is 0.233 e. The summed E-state index contributed by atoms with van der Waals surface area (Å²) in [4.78, 5) is 27.0. The highest BCUT2D eigenvalue weighted by Crippen LogP contribution is 2.27. The lowest BCUT2D eigenvalue weighted by Gasteiger charge is -2.32. The van der Waals surface area contributed by atoms with Gasteiger partial charge in [0.15, 0.2) is 0 Å². The van der Waals surface area contributed by atoms with E-state index in [1.54, 1.807) is 6.20 Å². The van der Waals surface area contributed by atoms with Gasteiger partial charge in [0, 0.05) is 44.4 Å². The predicted molar refractivity (Wildman–Crippen MR) is 110 cm³/mol. The molecule has 0 saturated carbocycles. The molecule has 1 saturated heterocycles. The number of hydrogen-bond acceptors (Lipinski definition) is 8. The maximum Gasteiger partial charge on any atom is 0.233 e. The number of benzene rings is 1. The Kier molecular flexibility index (Phi) is 5.38. The number of likely N-dealkylation sites (N-methyl/N-ethyl adjacent to an activating group) is 1. The van der Waals surface area contributed by atoms with Crippen LogP contribution < -0.4 is 10.2 Å². The molecule has 3 aromatic rings. The van der Waals surface area contributed by atoms with Crippen molar-refractivity contribution in [2.24, 2.45) is 0 Å². The Labute approximate surface area is 164 Å². The minimum Gasteiger partial charge on any atom is -0.338 e. The highest BCUT2D eigenvalue weighted by molar-refractivity contribution is 5.76. The van der Waals surface area contributed by atoms with Gasteiger partial charge >= 0.3 is 0 Å². The van der Waals surface area contributed by atoms with Crippen LogP contribution >= 0.6 is 0 Å². The monoisotopic (exact) mass is 376 g/mol. The summed E-state index contributed by atoms with van der Waals surface area (Å²) >= 11 is 0. The number of rotatable bonds is 5. The van der Waals surface area contributed by atoms with E-state index in [0.717, 1.165) is 55.5 Å². The van der Waals surface area contributed by atoms with Crippen molar-refractivity contribution in [1.82, 2.24) is 29.8 Å². The van der Waals surface area contributed by atoms with Crippen LogP contribution in [-0.2, 0) is 6.42 Å². The van der Waals surface area contributed by atoms with Gasteiger partial charge < -0.3 is 15.1 Å². The fraction of sp³-hybridized carbons (Fsp3) is 0.350. The van der Waals surface area contributed by atoms with Gasteiger partial charge in [-0.2, -0.15) is 15.0 Å². The Bertz CT molecular complexity index is 922. The van der Waals surface area contributed by atoms with Crippen molar-refractivity contribution in [2.75, 3.05) is 43.4 Å². The molecule has 4 rings (SSSR count). The van der Waals surface area contributed by atoms with Crippen molar-refractivity contribution in [3.05, 3.63) is 48.7 Å². The van der Waals surface area contributed by atoms with Gasteiger partial charge in [0.1, 0.15) is 18.0 Å². The maximum absolute atomic E-state index is 4.67. The van der Waals surface area contributed by atoms with Gasteiger partial charge in [0.25, 0.3) is 0 Å². The molecule has 0 aliphatic carbocycles. The van der Waals surface area contributed by atoms with E-state index in [1.165, 1.54) is 6.33 Å². The minimum atomic E-state index is 0.511. The average Bonchev–Trinajstić information content (AvgIpc) is 2.75. The number of piperazine rings is 1. The van der Waals surface area contributed by atoms with Crippen molar-refractivity contribution < 1.29 is 0 Å². The molecule has 28 heavy (non-hydrogen) atoms. The van der Waals surface area contributed by atoms with E-state index >= 15 is 0 Å². The van der Waals surface area contributed by atoms with Crippen molar-refractivity contribution in [3.63, 3.8) is 0 Å². The Morgan fingerprint density at radius 1 is 1.00 bits per heavy atom. The Morgan fingerprint density at radius 3 is 2.54 bits per heavy atom. The van der Waals surface area contributed by atoms with E-state index in [2.05, 4.69) is 47.1 Å². The van der Waals surface area contributed by atoms with Crippen molar-refractivity contribution in [1.29, 1.82) is 0 Å². The normalized spacial score (nSPS) is 14.9. The molecule has 8 nitrogen and oxygen atoms in total. The quantitative estimate of drug-likeness (QED) is 0.727. The summed E-state index contributed by atoms with van der Waals surface area (Å²) in [6.07, 6.45) is 4.07. The Morgan fingerprint density at radius 2 is 1.79 bits per heavy atom. The summed E-state index contributed by atoms with van der Waals surface area (Å²) < 4.78 is 0. The second-order valence-corrected chi connectivity index (χ2v) is 6.80. The van der Waals surface area contributed by atoms with E-state index in [-0.39, 0.29) is 0 Å². The van der Waals surface area contributed by atoms with Gasteiger partial charge in [-0.3, -0.25) is 0 Å². The predicted octanol–water partition coefficient (Wildman–Crippen LogP) is 2.39. The molecule has 8 heteroatoms. The van der Waals surface area contributed by atoms with Gasteiger partial charge in [-0.25, -0.2) is 9.97 Å². The third kappa shape index (κ3) is 4.07. The first-order chi connectivity index (χ1) is 13.7. The van der Waals surface area contributed by atoms with Crippen molar-refractivity contribution >= 4 is 17.7 Å². The number of aromatic nitrogens is 5. The van der Waals surface area contributed by atoms with Crippen molar-refractivity contribution in [2.45, 2.75) is 13.3 Å². The highest BCUT2D eigenvalue weighted by Gasteiger charge is 2.19. The molecular formula is C20H24N8. The lowest BCUT2D eigenvalue weighted by atomic mass is 10.1. The van der Waals surface area contributed by atoms with Crippen LogP contribution in [0.15, 0.2) is 42.9 Å². The van der Waals surface area contributed by atoms with E-state index in [4.69, 9.17) is 0 Å². The fourth-order valence-electron chi connectivity index (χ4n) is 3.13. The molecule has 0 radical (unpaired) electrons. The van der Waals surface area contributed by atoms with Gasteiger partial charge in [0.2, 0.25) is 11.9 Å². The molecule has 0 amide bonds. The van der Waals surface area contributed by atoms with E-state index in [0.29, 0.717) is 11.8 Å². The molecular weight excluding hydrogens is 352 g/mol. The lowest BCUT2D eigenvalue weighted by Crippen LogP contribution is -2.45. The molecule has 1 aliphatic heterocycles. The Balaban J connectivity index is 1.65. The second-order valence-electron chi connectivity index (χ2n) is 6.80. The first-order valence-corrected chi connectivity index (χ1v) is 9.54. The summed E-state index contributed by atoms with van der Waals surface area (Å²) in [6.45, 7) is 5.87. The minimum absolute atomic E-state index is 0.511. The van der Waals surface area contributed by atoms with Crippen molar-refractivity contribution in [3.8, 4) is 11.1 Å². The standard InChI is InChI=1S/C20H24N8/c1-3-17-23-19(26-20(24-17)28-11-9-27(2)10-12-28)25-18-16(13-21-14-22-18)15-7-5-4-6-8-15/h4-8,13-14H,3,9-12H2,1-2H3,(H,21,22,23,24,25,26). The summed E-state index contributed by atoms with van der Waals surface area (Å²) in [5, 5.41) is 3.28. The molecule has 3 heterocycles. The molecule has 0 atom stereocenters. The lowest BCUT2D eigenvalue weighted by molar-refractivity contribution is 0.311. The van der Waals surface area contributed by atoms with Crippen LogP contribution in [0.5, 0.6) is 0 Å². The first-order valence-electron chi connectivity index (χ1n) is 9.54. The molecule has 144 valence electrons. The summed E-state index contributed by atoms with van der Waals surface area (Å²) in [5.41, 5.74) is 1.94. The molecule has 1 aromatic carbocycles. The summed E-state index contributed by atoms with van der Waals surface area (Å²) in [6, 6.07) is 10.0. The van der Waals surface area contributed by atoms with Gasteiger partial charge in [-0.05, 0) is 12.6 Å². The van der Waals surface area contributed by atoms with Crippen LogP contribution in [0, 0.1) is 0 Å². The van der Waals surface area contributed by atoms with Crippen LogP contribution in [0.25, 0.3) is 11.1 Å². The maximum atomic E-state index is 4.67. The zero-order valence-corrected chi connectivity index (χ0v) is 16.2. The van der Waals surface area contributed by atoms with Gasteiger partial charge in [-0.1, -0.05) is 37.3 Å². The van der Waals surface area contributed by atoms with Crippen LogP contribution in [-0.4, -0.2) is 63.0 Å². The number of anilines is 3. The second kappa shape index (κ2) is 8.26. The molecule has 1 fully saturated rings. The zero-order valence-electron chi connectivity index (χ0n) is 16.2. The van der Waals surface area contributed by atoms with E-state index in [1.807, 2.05) is 37.3 Å². The largest absolute Gasteiger partial charge is 0.338 e. The molecule has 1 N–H and O–H groups in total. The molecule has 1 aliphatic rings. The number of nitrogens with zero attached hydrogens (tertiary/aromatic N) is 7. The van der Waals surface area contributed by atoms with Crippen LogP contribution in [0.2, 0.25) is 0 Å². The number of nitrogens with one attached hydrogen (secondary N) is 1.